The van der Waals surface area contributed by atoms with E-state index in [-0.39, 0.29) is 23.4 Å². The first kappa shape index (κ1) is 50.8. The highest BCUT2D eigenvalue weighted by molar-refractivity contribution is 6.62. The zero-order chi connectivity index (χ0) is 51.1. The van der Waals surface area contributed by atoms with Crippen LogP contribution in [-0.4, -0.2) is 18.3 Å². The van der Waals surface area contributed by atoms with Gasteiger partial charge < -0.3 is 9.31 Å². The van der Waals surface area contributed by atoms with Crippen LogP contribution < -0.4 is 5.46 Å². The van der Waals surface area contributed by atoms with Crippen molar-refractivity contribution >= 4 is 12.6 Å². The molecule has 2 nitrogen and oxygen atoms in total. The molecule has 0 N–H and O–H groups in total. The first-order valence-electron chi connectivity index (χ1n) is 28.5. The van der Waals surface area contributed by atoms with Gasteiger partial charge in [-0.1, -0.05) is 160 Å². The van der Waals surface area contributed by atoms with Crippen LogP contribution in [0.1, 0.15) is 195 Å². The van der Waals surface area contributed by atoms with E-state index >= 15 is 0 Å². The molecule has 0 unspecified atom stereocenters. The van der Waals surface area contributed by atoms with Gasteiger partial charge in [0.25, 0.3) is 0 Å². The Kier molecular flexibility index (Phi) is 13.3. The molecule has 0 spiro atoms. The minimum Gasteiger partial charge on any atom is -0.399 e. The van der Waals surface area contributed by atoms with Crippen LogP contribution >= 0.6 is 0 Å². The fourth-order valence-corrected chi connectivity index (χ4v) is 13.8. The summed E-state index contributed by atoms with van der Waals surface area (Å²) in [7, 11) is -0.388. The van der Waals surface area contributed by atoms with Crippen LogP contribution in [0.5, 0.6) is 0 Å². The maximum absolute atomic E-state index is 6.69. The first-order chi connectivity index (χ1) is 34.3. The van der Waals surface area contributed by atoms with E-state index in [0.29, 0.717) is 23.7 Å². The molecule has 0 aromatic heterocycles. The van der Waals surface area contributed by atoms with E-state index < -0.39 is 11.2 Å². The SMILES string of the molecule is CCC1(CC)c2cc(-c3ccc4c(c3)C(CCC(C)C)(CCC(C)C)c3ccccc3-4)ccc2-c2ccc(-c3ccc4c(c3)C(CCC(C)C)(CCC(C)C)c3cc(B5OC(C)(C)C(C)(C)O5)ccc3-4)cc21. The summed E-state index contributed by atoms with van der Waals surface area (Å²) < 4.78 is 13.4. The molecule has 72 heavy (non-hydrogen) atoms. The fraction of sp³-hybridized carbons (Fsp3) is 0.478. The molecule has 4 aliphatic rings. The Morgan fingerprint density at radius 3 is 1.03 bits per heavy atom. The van der Waals surface area contributed by atoms with Crippen molar-refractivity contribution in [2.45, 2.75) is 189 Å². The van der Waals surface area contributed by atoms with Crippen LogP contribution in [0.3, 0.4) is 0 Å². The molecule has 1 saturated heterocycles. The lowest BCUT2D eigenvalue weighted by Gasteiger charge is -2.34. The lowest BCUT2D eigenvalue weighted by molar-refractivity contribution is 0.00578. The average molecular weight is 957 g/mol. The van der Waals surface area contributed by atoms with Gasteiger partial charge in [-0.3, -0.25) is 0 Å². The average Bonchev–Trinajstić information content (AvgIpc) is 3.98. The standard InChI is InChI=1S/C69H85BO2/c1-15-67(16-2)60-39-48(50-21-26-54-53-19-17-18-20-59(53)68(62(54)41-50,35-31-44(3)4)36-32-45(5)6)22-27-55(60)56-28-23-49(40-61(56)67)51-24-29-57-58-30-25-52(70-71-65(11,12)66(13,14)72-70)43-64(58)69(63(57)42-51,37-33-46(7)8)38-34-47(9)10/h17-30,39-47H,15-16,31-38H2,1-14H3. The monoisotopic (exact) mass is 957 g/mol. The van der Waals surface area contributed by atoms with E-state index in [1.54, 1.807) is 11.1 Å². The van der Waals surface area contributed by atoms with Crippen LogP contribution in [0.25, 0.3) is 55.6 Å². The molecule has 0 amide bonds. The highest BCUT2D eigenvalue weighted by Crippen LogP contribution is 2.59. The molecule has 3 aliphatic carbocycles. The predicted octanol–water partition coefficient (Wildman–Crippen LogP) is 18.7. The Morgan fingerprint density at radius 2 is 0.667 bits per heavy atom. The van der Waals surface area contributed by atoms with Crippen molar-refractivity contribution in [3.63, 3.8) is 0 Å². The van der Waals surface area contributed by atoms with Crippen LogP contribution in [0.4, 0.5) is 0 Å². The predicted molar refractivity (Wildman–Crippen MR) is 309 cm³/mol. The number of rotatable bonds is 17. The van der Waals surface area contributed by atoms with Crippen molar-refractivity contribution in [1.29, 1.82) is 0 Å². The number of hydrogen-bond acceptors (Lipinski definition) is 2. The molecule has 6 aromatic rings. The van der Waals surface area contributed by atoms with E-state index in [1.165, 1.54) is 116 Å². The van der Waals surface area contributed by atoms with Gasteiger partial charge in [-0.25, -0.2) is 0 Å². The Bertz CT molecular complexity index is 2950. The summed E-state index contributed by atoms with van der Waals surface area (Å²) in [5, 5.41) is 0. The largest absolute Gasteiger partial charge is 0.494 e. The van der Waals surface area contributed by atoms with Gasteiger partial charge >= 0.3 is 7.12 Å². The summed E-state index contributed by atoms with van der Waals surface area (Å²) in [4.78, 5) is 0. The Morgan fingerprint density at radius 1 is 0.361 bits per heavy atom. The zero-order valence-electron chi connectivity index (χ0n) is 46.7. The highest BCUT2D eigenvalue weighted by Gasteiger charge is 2.53. The first-order valence-corrected chi connectivity index (χ1v) is 28.5. The Labute approximate surface area is 436 Å². The number of hydrogen-bond donors (Lipinski definition) is 0. The van der Waals surface area contributed by atoms with Crippen molar-refractivity contribution in [2.24, 2.45) is 23.7 Å². The number of benzene rings is 6. The van der Waals surface area contributed by atoms with E-state index in [9.17, 15) is 0 Å². The van der Waals surface area contributed by atoms with Gasteiger partial charge in [0.05, 0.1) is 11.2 Å². The third-order valence-corrected chi connectivity index (χ3v) is 19.0. The highest BCUT2D eigenvalue weighted by atomic mass is 16.7. The zero-order valence-corrected chi connectivity index (χ0v) is 46.7. The summed E-state index contributed by atoms with van der Waals surface area (Å²) in [6.45, 7) is 32.6. The molecule has 3 heteroatoms. The van der Waals surface area contributed by atoms with Gasteiger partial charge in [0.1, 0.15) is 0 Å². The molecule has 0 bridgehead atoms. The van der Waals surface area contributed by atoms with Crippen molar-refractivity contribution < 1.29 is 9.31 Å². The lowest BCUT2D eigenvalue weighted by atomic mass is 9.67. The van der Waals surface area contributed by atoms with E-state index in [4.69, 9.17) is 9.31 Å². The Hall–Kier alpha value is -4.70. The maximum atomic E-state index is 6.69. The van der Waals surface area contributed by atoms with Gasteiger partial charge in [-0.15, -0.1) is 0 Å². The normalized spacial score (nSPS) is 17.9. The fourth-order valence-electron chi connectivity index (χ4n) is 13.8. The van der Waals surface area contributed by atoms with Gasteiger partial charge in [0, 0.05) is 16.2 Å². The summed E-state index contributed by atoms with van der Waals surface area (Å²) >= 11 is 0. The summed E-state index contributed by atoms with van der Waals surface area (Å²) in [6.07, 6.45) is 11.5. The second-order valence-corrected chi connectivity index (χ2v) is 25.7. The maximum Gasteiger partial charge on any atom is 0.494 e. The molecule has 0 atom stereocenters. The topological polar surface area (TPSA) is 18.5 Å². The van der Waals surface area contributed by atoms with E-state index in [2.05, 4.69) is 212 Å². The summed E-state index contributed by atoms with van der Waals surface area (Å²) in [6, 6.07) is 46.5. The van der Waals surface area contributed by atoms with Crippen LogP contribution in [-0.2, 0) is 25.6 Å². The van der Waals surface area contributed by atoms with Crippen LogP contribution in [0.2, 0.25) is 0 Å². The second-order valence-electron chi connectivity index (χ2n) is 25.7. The van der Waals surface area contributed by atoms with Gasteiger partial charge in [-0.05, 0) is 234 Å². The van der Waals surface area contributed by atoms with Gasteiger partial charge in [-0.2, -0.15) is 0 Å². The minimum absolute atomic E-state index is 0.0382. The van der Waals surface area contributed by atoms with Gasteiger partial charge in [0.2, 0.25) is 0 Å². The van der Waals surface area contributed by atoms with Crippen LogP contribution in [0, 0.1) is 23.7 Å². The van der Waals surface area contributed by atoms with Crippen molar-refractivity contribution in [2.75, 3.05) is 0 Å². The third-order valence-electron chi connectivity index (χ3n) is 19.0. The molecule has 0 radical (unpaired) electrons. The number of fused-ring (bicyclic) bond motifs is 9. The molecule has 1 aliphatic heterocycles. The second kappa shape index (κ2) is 18.9. The van der Waals surface area contributed by atoms with E-state index in [1.807, 2.05) is 0 Å². The van der Waals surface area contributed by atoms with Crippen molar-refractivity contribution in [3.05, 3.63) is 149 Å². The quantitative estimate of drug-likeness (QED) is 0.0848. The van der Waals surface area contributed by atoms with Crippen molar-refractivity contribution in [1.82, 2.24) is 0 Å². The van der Waals surface area contributed by atoms with Crippen LogP contribution in [0.15, 0.2) is 115 Å². The lowest BCUT2D eigenvalue weighted by Crippen LogP contribution is -2.41. The molecular weight excluding hydrogens is 872 g/mol. The Balaban J connectivity index is 1.04. The molecule has 10 rings (SSSR count). The van der Waals surface area contributed by atoms with Crippen molar-refractivity contribution in [3.8, 4) is 55.6 Å². The molecule has 376 valence electrons. The molecular formula is C69H85BO2. The molecule has 1 fully saturated rings. The molecule has 6 aromatic carbocycles. The summed E-state index contributed by atoms with van der Waals surface area (Å²) in [5.74, 6) is 2.54. The summed E-state index contributed by atoms with van der Waals surface area (Å²) in [5.41, 5.74) is 23.1. The van der Waals surface area contributed by atoms with E-state index in [0.717, 1.165) is 31.1 Å². The minimum atomic E-state index is -0.392. The molecule has 0 saturated carbocycles. The smallest absolute Gasteiger partial charge is 0.399 e. The molecule has 1 heterocycles. The third kappa shape index (κ3) is 8.31. The van der Waals surface area contributed by atoms with Gasteiger partial charge in [0.15, 0.2) is 0 Å².